The number of anilines is 1. The van der Waals surface area contributed by atoms with Crippen LogP contribution in [0.5, 0.6) is 0 Å². The Labute approximate surface area is 298 Å². The second kappa shape index (κ2) is 17.8. The molecule has 0 aliphatic carbocycles. The molecule has 0 aromatic heterocycles. The van der Waals surface area contributed by atoms with E-state index in [1.165, 1.54) is 42.5 Å². The molecular formula is C36H47N5O9S. The number of rotatable bonds is 15. The minimum atomic E-state index is -4.21. The van der Waals surface area contributed by atoms with Crippen molar-refractivity contribution >= 4 is 39.3 Å². The third-order valence-corrected chi connectivity index (χ3v) is 8.68. The molecule has 0 saturated heterocycles. The Bertz CT molecular complexity index is 1780. The zero-order chi connectivity index (χ0) is 37.9. The summed E-state index contributed by atoms with van der Waals surface area (Å²) in [6.45, 7) is 11.0. The van der Waals surface area contributed by atoms with Gasteiger partial charge in [-0.1, -0.05) is 51.1 Å². The first-order valence-corrected chi connectivity index (χ1v) is 18.2. The van der Waals surface area contributed by atoms with E-state index in [4.69, 9.17) is 4.74 Å². The van der Waals surface area contributed by atoms with E-state index in [2.05, 4.69) is 15.5 Å². The fourth-order valence-electron chi connectivity index (χ4n) is 5.05. The van der Waals surface area contributed by atoms with Crippen molar-refractivity contribution < 1.29 is 37.6 Å². The average Bonchev–Trinajstić information content (AvgIpc) is 3.04. The van der Waals surface area contributed by atoms with Crippen LogP contribution in [-0.4, -0.2) is 71.4 Å². The third kappa shape index (κ3) is 13.0. The topological polar surface area (TPSA) is 197 Å². The molecule has 0 fully saturated rings. The molecule has 2 atom stereocenters. The second-order valence-corrected chi connectivity index (χ2v) is 15.3. The minimum absolute atomic E-state index is 0.0720. The molecule has 3 rings (SSSR count). The van der Waals surface area contributed by atoms with Crippen LogP contribution in [0.2, 0.25) is 0 Å². The first kappa shape index (κ1) is 40.4. The number of benzene rings is 3. The van der Waals surface area contributed by atoms with E-state index in [-0.39, 0.29) is 41.4 Å². The summed E-state index contributed by atoms with van der Waals surface area (Å²) in [7, 11) is -4.21. The van der Waals surface area contributed by atoms with Gasteiger partial charge in [-0.05, 0) is 87.4 Å². The van der Waals surface area contributed by atoms with Crippen molar-refractivity contribution in [3.05, 3.63) is 105 Å². The SMILES string of the molecule is CCCN(NC(=O)c1ccc(C(=O)N[C@@H](Cc2ccccc2)[C@@H](O)CS(=O)(=O)Nc2ccc([N+](=O)[O-])cc2CC(C)C)cc1)C(=O)OC(C)(C)C. The number of carbonyl (C=O) groups excluding carboxylic acids is 3. The lowest BCUT2D eigenvalue weighted by molar-refractivity contribution is -0.384. The summed E-state index contributed by atoms with van der Waals surface area (Å²) in [5.41, 5.74) is 3.23. The van der Waals surface area contributed by atoms with Gasteiger partial charge < -0.3 is 15.2 Å². The zero-order valence-electron chi connectivity index (χ0n) is 29.7. The number of ether oxygens (including phenoxy) is 1. The van der Waals surface area contributed by atoms with Gasteiger partial charge in [-0.25, -0.2) is 18.2 Å². The normalized spacial score (nSPS) is 12.8. The van der Waals surface area contributed by atoms with Gasteiger partial charge in [-0.2, -0.15) is 0 Å². The number of hydrogen-bond acceptors (Lipinski definition) is 9. The van der Waals surface area contributed by atoms with Gasteiger partial charge in [0.25, 0.3) is 17.5 Å². The Morgan fingerprint density at radius 2 is 1.55 bits per heavy atom. The Kier molecular flexibility index (Phi) is 14.1. The predicted octanol–water partition coefficient (Wildman–Crippen LogP) is 5.23. The summed E-state index contributed by atoms with van der Waals surface area (Å²) in [6, 6.07) is 17.3. The number of nitro benzene ring substituents is 1. The van der Waals surface area contributed by atoms with Crippen molar-refractivity contribution in [2.45, 2.75) is 78.6 Å². The molecule has 4 N–H and O–H groups in total. The number of hydrazine groups is 1. The van der Waals surface area contributed by atoms with Crippen LogP contribution < -0.4 is 15.5 Å². The smallest absolute Gasteiger partial charge is 0.429 e. The van der Waals surface area contributed by atoms with Crippen LogP contribution in [0.4, 0.5) is 16.2 Å². The van der Waals surface area contributed by atoms with Gasteiger partial charge in [0.2, 0.25) is 10.0 Å². The van der Waals surface area contributed by atoms with Crippen LogP contribution >= 0.6 is 0 Å². The molecule has 0 aliphatic rings. The number of amides is 3. The van der Waals surface area contributed by atoms with Crippen LogP contribution in [0, 0.1) is 16.0 Å². The van der Waals surface area contributed by atoms with E-state index < -0.39 is 56.4 Å². The van der Waals surface area contributed by atoms with E-state index in [1.807, 2.05) is 20.8 Å². The van der Waals surface area contributed by atoms with Crippen molar-refractivity contribution in [3.8, 4) is 0 Å². The molecule has 0 saturated carbocycles. The fourth-order valence-corrected chi connectivity index (χ4v) is 6.35. The first-order valence-electron chi connectivity index (χ1n) is 16.6. The third-order valence-electron chi connectivity index (χ3n) is 7.37. The number of aliphatic hydroxyl groups is 1. The molecule has 0 aliphatic heterocycles. The number of sulfonamides is 1. The second-order valence-electron chi connectivity index (χ2n) is 13.6. The molecule has 0 heterocycles. The number of carbonyl (C=O) groups is 3. The van der Waals surface area contributed by atoms with Crippen LogP contribution in [0.15, 0.2) is 72.8 Å². The maximum Gasteiger partial charge on any atom is 0.429 e. The monoisotopic (exact) mass is 725 g/mol. The molecule has 3 aromatic rings. The Balaban J connectivity index is 1.78. The number of hydrogen-bond donors (Lipinski definition) is 4. The summed E-state index contributed by atoms with van der Waals surface area (Å²) < 4.78 is 34.5. The van der Waals surface area contributed by atoms with Gasteiger partial charge in [0.15, 0.2) is 0 Å². The van der Waals surface area contributed by atoms with Crippen molar-refractivity contribution in [3.63, 3.8) is 0 Å². The lowest BCUT2D eigenvalue weighted by Gasteiger charge is -2.27. The van der Waals surface area contributed by atoms with Gasteiger partial charge in [0.1, 0.15) is 5.60 Å². The molecule has 15 heteroatoms. The molecule has 0 bridgehead atoms. The molecule has 51 heavy (non-hydrogen) atoms. The van der Waals surface area contributed by atoms with E-state index in [0.717, 1.165) is 10.6 Å². The number of aliphatic hydroxyl groups excluding tert-OH is 1. The summed E-state index contributed by atoms with van der Waals surface area (Å²) in [6.07, 6.45) is -1.26. The highest BCUT2D eigenvalue weighted by molar-refractivity contribution is 7.92. The fraction of sp³-hybridized carbons (Fsp3) is 0.417. The summed E-state index contributed by atoms with van der Waals surface area (Å²) in [5, 5.41) is 26.4. The molecule has 3 amide bonds. The molecular weight excluding hydrogens is 678 g/mol. The highest BCUT2D eigenvalue weighted by Crippen LogP contribution is 2.26. The average molecular weight is 726 g/mol. The molecule has 0 radical (unpaired) electrons. The van der Waals surface area contributed by atoms with E-state index >= 15 is 0 Å². The number of nitrogens with one attached hydrogen (secondary N) is 3. The molecule has 276 valence electrons. The number of non-ortho nitro benzene ring substituents is 1. The highest BCUT2D eigenvalue weighted by Gasteiger charge is 2.29. The van der Waals surface area contributed by atoms with Crippen molar-refractivity contribution in [1.29, 1.82) is 0 Å². The minimum Gasteiger partial charge on any atom is -0.442 e. The molecule has 14 nitrogen and oxygen atoms in total. The number of nitro groups is 1. The van der Waals surface area contributed by atoms with Gasteiger partial charge in [-0.3, -0.25) is 29.9 Å². The quantitative estimate of drug-likeness (QED) is 0.120. The van der Waals surface area contributed by atoms with Crippen molar-refractivity contribution in [2.75, 3.05) is 17.0 Å². The predicted molar refractivity (Wildman–Crippen MR) is 194 cm³/mol. The number of nitrogens with zero attached hydrogens (tertiary/aromatic N) is 2. The van der Waals surface area contributed by atoms with Crippen LogP contribution in [0.25, 0.3) is 0 Å². The molecule has 0 spiro atoms. The molecule has 3 aromatic carbocycles. The van der Waals surface area contributed by atoms with Crippen LogP contribution in [0.3, 0.4) is 0 Å². The largest absolute Gasteiger partial charge is 0.442 e. The van der Waals surface area contributed by atoms with E-state index in [1.54, 1.807) is 51.1 Å². The van der Waals surface area contributed by atoms with Crippen molar-refractivity contribution in [1.82, 2.24) is 15.8 Å². The molecule has 0 unspecified atom stereocenters. The maximum absolute atomic E-state index is 13.4. The zero-order valence-corrected chi connectivity index (χ0v) is 30.5. The highest BCUT2D eigenvalue weighted by atomic mass is 32.2. The Morgan fingerprint density at radius 1 is 0.941 bits per heavy atom. The van der Waals surface area contributed by atoms with Gasteiger partial charge in [0.05, 0.1) is 28.5 Å². The Morgan fingerprint density at radius 3 is 2.10 bits per heavy atom. The maximum atomic E-state index is 13.4. The first-order chi connectivity index (χ1) is 23.9. The van der Waals surface area contributed by atoms with E-state index in [9.17, 15) is 38.0 Å². The van der Waals surface area contributed by atoms with Gasteiger partial charge in [0, 0.05) is 29.8 Å². The lowest BCUT2D eigenvalue weighted by Crippen LogP contribution is -2.48. The van der Waals surface area contributed by atoms with Crippen molar-refractivity contribution in [2.24, 2.45) is 5.92 Å². The standard InChI is InChI=1S/C36H47N5O9S/c1-7-19-40(35(45)50-36(4,5)6)38-34(44)27-15-13-26(14-16-27)33(43)37-31(21-25-11-9-8-10-12-25)32(42)23-51(48,49)39-30-18-17-29(41(46)47)22-28(30)20-24(2)3/h8-18,22,24,31-32,39,42H,7,19-21,23H2,1-6H3,(H,37,43)(H,38,44)/t31-,32-/m0/s1. The Hall–Kier alpha value is -5.02. The van der Waals surface area contributed by atoms with Gasteiger partial charge >= 0.3 is 6.09 Å². The van der Waals surface area contributed by atoms with Gasteiger partial charge in [-0.15, -0.1) is 0 Å². The summed E-state index contributed by atoms with van der Waals surface area (Å²) in [4.78, 5) is 49.7. The summed E-state index contributed by atoms with van der Waals surface area (Å²) in [5.74, 6) is -1.93. The summed E-state index contributed by atoms with van der Waals surface area (Å²) >= 11 is 0. The van der Waals surface area contributed by atoms with Crippen LogP contribution in [0.1, 0.15) is 79.8 Å². The van der Waals surface area contributed by atoms with Crippen LogP contribution in [-0.2, 0) is 27.6 Å². The lowest BCUT2D eigenvalue weighted by atomic mass is 10.0. The van der Waals surface area contributed by atoms with E-state index in [0.29, 0.717) is 18.4 Å².